The summed E-state index contributed by atoms with van der Waals surface area (Å²) in [6.45, 7) is 1.68. The first kappa shape index (κ1) is 19.0. The fourth-order valence-electron chi connectivity index (χ4n) is 3.71. The molecule has 2 unspecified atom stereocenters. The maximum atomic E-state index is 13.0. The molecule has 1 aromatic rings. The molecule has 2 aliphatic rings. The third-order valence-corrected chi connectivity index (χ3v) is 7.24. The molecule has 1 saturated carbocycles. The number of halogens is 1. The first-order valence-electron chi connectivity index (χ1n) is 8.45. The molecule has 1 aromatic carbocycles. The monoisotopic (exact) mass is 397 g/mol. The summed E-state index contributed by atoms with van der Waals surface area (Å²) in [6, 6.07) is 2.90. The van der Waals surface area contributed by atoms with Gasteiger partial charge in [0.05, 0.1) is 27.7 Å². The fourth-order valence-corrected chi connectivity index (χ4v) is 5.66. The Morgan fingerprint density at radius 1 is 1.31 bits per heavy atom. The van der Waals surface area contributed by atoms with Gasteiger partial charge in [-0.25, -0.2) is 8.42 Å². The topological polar surface area (TPSA) is 89.9 Å². The average molecular weight is 398 g/mol. The van der Waals surface area contributed by atoms with Gasteiger partial charge in [0.25, 0.3) is 0 Å². The van der Waals surface area contributed by atoms with Crippen LogP contribution in [0.1, 0.15) is 47.2 Å². The van der Waals surface area contributed by atoms with Crippen molar-refractivity contribution in [2.45, 2.75) is 42.9 Å². The molecule has 3 rings (SSSR count). The normalized spacial score (nSPS) is 26.4. The van der Waals surface area contributed by atoms with Gasteiger partial charge >= 0.3 is 0 Å². The predicted molar refractivity (Wildman–Crippen MR) is 97.7 cm³/mol. The first-order chi connectivity index (χ1) is 12.3. The Morgan fingerprint density at radius 2 is 2.04 bits per heavy atom. The van der Waals surface area contributed by atoms with Gasteiger partial charge in [0, 0.05) is 24.0 Å². The number of hydrogen-bond acceptors (Lipinski definition) is 6. The number of carbonyl (C=O) groups is 2. The molecule has 0 bridgehead atoms. The minimum absolute atomic E-state index is 0.0558. The summed E-state index contributed by atoms with van der Waals surface area (Å²) < 4.78 is 24.8. The molecule has 0 amide bonds. The van der Waals surface area contributed by atoms with Crippen LogP contribution in [0.5, 0.6) is 0 Å². The Hall–Kier alpha value is -1.73. The van der Waals surface area contributed by atoms with Gasteiger partial charge in [-0.3, -0.25) is 9.59 Å². The molecule has 1 heterocycles. The molecule has 0 radical (unpaired) electrons. The maximum Gasteiger partial charge on any atom is 0.179 e. The van der Waals surface area contributed by atoms with Crippen LogP contribution in [0.4, 0.5) is 0 Å². The quantitative estimate of drug-likeness (QED) is 0.338. The van der Waals surface area contributed by atoms with Crippen molar-refractivity contribution in [3.63, 3.8) is 0 Å². The van der Waals surface area contributed by atoms with Crippen molar-refractivity contribution in [3.8, 4) is 0 Å². The highest BCUT2D eigenvalue weighted by Gasteiger charge is 2.39. The van der Waals surface area contributed by atoms with E-state index in [9.17, 15) is 18.0 Å². The number of carbonyl (C=O) groups excluding carboxylic acids is 2. The standard InChI is InChI=1S/C18H20ClNO5S/c1-10-11(18(22)17-12(19)4-3-5-14(17)21)6-7-15-16(10)13(20-25-2)8-9-26(15,23)24/h6-7,12,17H,3-5,8-9H2,1-2H3/b20-13+. The van der Waals surface area contributed by atoms with Gasteiger partial charge in [0.15, 0.2) is 15.6 Å². The lowest BCUT2D eigenvalue weighted by atomic mass is 9.80. The van der Waals surface area contributed by atoms with E-state index in [1.54, 1.807) is 6.92 Å². The molecular weight excluding hydrogens is 378 g/mol. The van der Waals surface area contributed by atoms with Gasteiger partial charge in [-0.2, -0.15) is 0 Å². The van der Waals surface area contributed by atoms with Crippen LogP contribution in [-0.2, 0) is 19.5 Å². The second-order valence-electron chi connectivity index (χ2n) is 6.62. The molecule has 0 spiro atoms. The number of Topliss-reactive ketones (excluding diaryl/α,β-unsaturated/α-hetero) is 2. The number of oxime groups is 1. The van der Waals surface area contributed by atoms with Crippen LogP contribution in [0.3, 0.4) is 0 Å². The largest absolute Gasteiger partial charge is 0.399 e. The number of rotatable bonds is 3. The van der Waals surface area contributed by atoms with E-state index >= 15 is 0 Å². The van der Waals surface area contributed by atoms with Crippen LogP contribution in [0.2, 0.25) is 0 Å². The van der Waals surface area contributed by atoms with Crippen molar-refractivity contribution >= 4 is 38.7 Å². The highest BCUT2D eigenvalue weighted by atomic mass is 35.5. The highest BCUT2D eigenvalue weighted by molar-refractivity contribution is 7.91. The third kappa shape index (κ3) is 3.18. The van der Waals surface area contributed by atoms with Gasteiger partial charge in [-0.05, 0) is 37.5 Å². The van der Waals surface area contributed by atoms with Crippen molar-refractivity contribution < 1.29 is 22.8 Å². The number of alkyl halides is 1. The van der Waals surface area contributed by atoms with E-state index in [-0.39, 0.29) is 28.6 Å². The number of hydrogen-bond donors (Lipinski definition) is 0. The zero-order valence-corrected chi connectivity index (χ0v) is 16.2. The molecule has 2 atom stereocenters. The Bertz CT molecular complexity index is 906. The molecule has 6 nitrogen and oxygen atoms in total. The van der Waals surface area contributed by atoms with Crippen LogP contribution < -0.4 is 0 Å². The van der Waals surface area contributed by atoms with E-state index in [1.165, 1.54) is 19.2 Å². The second kappa shape index (κ2) is 7.12. The van der Waals surface area contributed by atoms with Crippen LogP contribution in [0, 0.1) is 12.8 Å². The van der Waals surface area contributed by atoms with Crippen molar-refractivity contribution in [1.82, 2.24) is 0 Å². The lowest BCUT2D eigenvalue weighted by molar-refractivity contribution is -0.122. The number of fused-ring (bicyclic) bond motifs is 1. The third-order valence-electron chi connectivity index (χ3n) is 5.02. The van der Waals surface area contributed by atoms with Gasteiger partial charge < -0.3 is 4.84 Å². The number of nitrogens with zero attached hydrogens (tertiary/aromatic N) is 1. The SMILES string of the molecule is CO/N=C1\CCS(=O)(=O)c2ccc(C(=O)C3C(=O)CCCC3Cl)c(C)c21. The van der Waals surface area contributed by atoms with Crippen molar-refractivity contribution in [2.75, 3.05) is 12.9 Å². The molecule has 26 heavy (non-hydrogen) atoms. The molecular formula is C18H20ClNO5S. The van der Waals surface area contributed by atoms with Crippen molar-refractivity contribution in [2.24, 2.45) is 11.1 Å². The minimum Gasteiger partial charge on any atom is -0.399 e. The van der Waals surface area contributed by atoms with Gasteiger partial charge in [0.1, 0.15) is 12.9 Å². The van der Waals surface area contributed by atoms with Crippen LogP contribution in [0.15, 0.2) is 22.2 Å². The molecule has 1 aliphatic heterocycles. The lowest BCUT2D eigenvalue weighted by Gasteiger charge is -2.26. The van der Waals surface area contributed by atoms with E-state index in [0.29, 0.717) is 41.7 Å². The van der Waals surface area contributed by atoms with E-state index in [0.717, 1.165) is 0 Å². The molecule has 0 saturated heterocycles. The average Bonchev–Trinajstić information content (AvgIpc) is 2.57. The van der Waals surface area contributed by atoms with Crippen LogP contribution >= 0.6 is 11.6 Å². The molecule has 0 N–H and O–H groups in total. The summed E-state index contributed by atoms with van der Waals surface area (Å²) >= 11 is 6.26. The highest BCUT2D eigenvalue weighted by Crippen LogP contribution is 2.34. The molecule has 8 heteroatoms. The molecule has 0 aromatic heterocycles. The van der Waals surface area contributed by atoms with E-state index < -0.39 is 21.1 Å². The lowest BCUT2D eigenvalue weighted by Crippen LogP contribution is -2.36. The summed E-state index contributed by atoms with van der Waals surface area (Å²) in [6.07, 6.45) is 1.85. The molecule has 1 fully saturated rings. The smallest absolute Gasteiger partial charge is 0.179 e. The maximum absolute atomic E-state index is 13.0. The summed E-state index contributed by atoms with van der Waals surface area (Å²) in [7, 11) is -2.06. The van der Waals surface area contributed by atoms with E-state index in [2.05, 4.69) is 5.16 Å². The summed E-state index contributed by atoms with van der Waals surface area (Å²) in [4.78, 5) is 30.3. The fraction of sp³-hybridized carbons (Fsp3) is 0.500. The van der Waals surface area contributed by atoms with Gasteiger partial charge in [-0.1, -0.05) is 5.16 Å². The van der Waals surface area contributed by atoms with Crippen molar-refractivity contribution in [1.29, 1.82) is 0 Å². The Balaban J connectivity index is 2.14. The zero-order valence-electron chi connectivity index (χ0n) is 14.6. The molecule has 140 valence electrons. The number of sulfone groups is 1. The Morgan fingerprint density at radius 3 is 2.69 bits per heavy atom. The first-order valence-corrected chi connectivity index (χ1v) is 10.5. The summed E-state index contributed by atoms with van der Waals surface area (Å²) in [5.74, 6) is -1.45. The Kier molecular flexibility index (Phi) is 5.21. The predicted octanol–water partition coefficient (Wildman–Crippen LogP) is 2.68. The Labute approximate surface area is 157 Å². The number of benzene rings is 1. The second-order valence-corrected chi connectivity index (χ2v) is 9.26. The van der Waals surface area contributed by atoms with Crippen molar-refractivity contribution in [3.05, 3.63) is 28.8 Å². The zero-order chi connectivity index (χ0) is 19.1. The van der Waals surface area contributed by atoms with Crippen LogP contribution in [0.25, 0.3) is 0 Å². The van der Waals surface area contributed by atoms with Crippen LogP contribution in [-0.4, -0.2) is 43.9 Å². The van der Waals surface area contributed by atoms with E-state index in [4.69, 9.17) is 16.4 Å². The minimum atomic E-state index is -3.45. The summed E-state index contributed by atoms with van der Waals surface area (Å²) in [5, 5.41) is 3.41. The molecule has 1 aliphatic carbocycles. The summed E-state index contributed by atoms with van der Waals surface area (Å²) in [5.41, 5.74) is 1.70. The van der Waals surface area contributed by atoms with Gasteiger partial charge in [-0.15, -0.1) is 11.6 Å². The number of ketones is 2. The van der Waals surface area contributed by atoms with E-state index in [1.807, 2.05) is 0 Å². The van der Waals surface area contributed by atoms with Gasteiger partial charge in [0.2, 0.25) is 0 Å².